The maximum atomic E-state index is 13.9. The molecule has 3 amide bonds. The summed E-state index contributed by atoms with van der Waals surface area (Å²) in [7, 11) is 0. The number of carbonyl (C=O) groups excluding carboxylic acids is 2. The van der Waals surface area contributed by atoms with Crippen LogP contribution in [-0.4, -0.2) is 35.5 Å². The van der Waals surface area contributed by atoms with E-state index in [1.165, 1.54) is 29.5 Å². The summed E-state index contributed by atoms with van der Waals surface area (Å²) in [6, 6.07) is 7.62. The Morgan fingerprint density at radius 2 is 2.12 bits per heavy atom. The molecule has 0 spiro atoms. The zero-order valence-electron chi connectivity index (χ0n) is 13.7. The van der Waals surface area contributed by atoms with Crippen molar-refractivity contribution in [1.82, 2.24) is 10.2 Å². The third-order valence-corrected chi connectivity index (χ3v) is 6.14. The van der Waals surface area contributed by atoms with Crippen LogP contribution in [-0.2, 0) is 0 Å². The van der Waals surface area contributed by atoms with Gasteiger partial charge in [0.05, 0.1) is 10.6 Å². The summed E-state index contributed by atoms with van der Waals surface area (Å²) >= 11 is 7.14. The van der Waals surface area contributed by atoms with Gasteiger partial charge >= 0.3 is 6.03 Å². The van der Waals surface area contributed by atoms with Gasteiger partial charge in [-0.2, -0.15) is 0 Å². The van der Waals surface area contributed by atoms with Crippen LogP contribution in [0.3, 0.4) is 0 Å². The fourth-order valence-electron chi connectivity index (χ4n) is 3.80. The smallest absolute Gasteiger partial charge is 0.322 e. The molecule has 0 radical (unpaired) electrons. The predicted molar refractivity (Wildman–Crippen MR) is 99.2 cm³/mol. The van der Waals surface area contributed by atoms with Gasteiger partial charge in [-0.3, -0.25) is 4.79 Å². The second-order valence-electron chi connectivity index (χ2n) is 6.65. The van der Waals surface area contributed by atoms with Gasteiger partial charge in [0.2, 0.25) is 0 Å². The van der Waals surface area contributed by atoms with Gasteiger partial charge in [-0.15, -0.1) is 11.3 Å². The first-order valence-electron chi connectivity index (χ1n) is 8.38. The fourth-order valence-corrected chi connectivity index (χ4v) is 4.59. The molecule has 1 saturated carbocycles. The largest absolute Gasteiger partial charge is 0.348 e. The molecule has 1 aliphatic carbocycles. The third-order valence-electron chi connectivity index (χ3n) is 5.04. The molecule has 5 nitrogen and oxygen atoms in total. The molecular formula is C18H17ClFN3O2S. The second kappa shape index (κ2) is 6.89. The number of hydrogen-bond donors (Lipinski definition) is 2. The first-order valence-corrected chi connectivity index (χ1v) is 9.64. The van der Waals surface area contributed by atoms with Gasteiger partial charge in [0.25, 0.3) is 5.91 Å². The Bertz CT molecular complexity index is 845. The number of rotatable bonds is 3. The Morgan fingerprint density at radius 1 is 1.27 bits per heavy atom. The van der Waals surface area contributed by atoms with Crippen molar-refractivity contribution < 1.29 is 14.0 Å². The quantitative estimate of drug-likeness (QED) is 0.829. The molecule has 2 aliphatic rings. The summed E-state index contributed by atoms with van der Waals surface area (Å²) in [5.41, 5.74) is 0.115. The van der Waals surface area contributed by atoms with Gasteiger partial charge in [0, 0.05) is 23.7 Å². The molecule has 1 saturated heterocycles. The number of anilines is 1. The number of fused-ring (bicyclic) bond motifs is 2. The monoisotopic (exact) mass is 393 g/mol. The molecule has 8 heteroatoms. The van der Waals surface area contributed by atoms with E-state index in [2.05, 4.69) is 10.6 Å². The molecule has 136 valence electrons. The van der Waals surface area contributed by atoms with Crippen molar-refractivity contribution in [2.24, 2.45) is 5.92 Å². The van der Waals surface area contributed by atoms with Crippen LogP contribution < -0.4 is 10.6 Å². The summed E-state index contributed by atoms with van der Waals surface area (Å²) in [6.07, 6.45) is 1.57. The Hall–Kier alpha value is -2.12. The molecule has 3 unspecified atom stereocenters. The summed E-state index contributed by atoms with van der Waals surface area (Å²) in [4.78, 5) is 27.1. The average molecular weight is 394 g/mol. The van der Waals surface area contributed by atoms with Crippen LogP contribution in [0.2, 0.25) is 5.02 Å². The van der Waals surface area contributed by atoms with E-state index < -0.39 is 5.82 Å². The van der Waals surface area contributed by atoms with E-state index in [1.807, 2.05) is 11.4 Å². The lowest BCUT2D eigenvalue weighted by Crippen LogP contribution is -2.48. The number of amides is 3. The minimum Gasteiger partial charge on any atom is -0.348 e. The van der Waals surface area contributed by atoms with Crippen molar-refractivity contribution in [2.45, 2.75) is 24.9 Å². The van der Waals surface area contributed by atoms with Crippen LogP contribution in [0.5, 0.6) is 0 Å². The Balaban J connectivity index is 1.36. The highest BCUT2D eigenvalue weighted by Crippen LogP contribution is 2.38. The lowest BCUT2D eigenvalue weighted by atomic mass is 10.0. The SMILES string of the molecule is O=C(NC1CC2CC1CN2C(=O)Nc1ccc(Cl)cc1F)c1cccs1. The van der Waals surface area contributed by atoms with Crippen molar-refractivity contribution >= 4 is 40.6 Å². The number of nitrogens with zero attached hydrogens (tertiary/aromatic N) is 1. The number of likely N-dealkylation sites (tertiary alicyclic amines) is 1. The van der Waals surface area contributed by atoms with Gasteiger partial charge in [0.1, 0.15) is 5.82 Å². The van der Waals surface area contributed by atoms with Crippen LogP contribution >= 0.6 is 22.9 Å². The van der Waals surface area contributed by atoms with E-state index in [0.717, 1.165) is 12.8 Å². The van der Waals surface area contributed by atoms with E-state index >= 15 is 0 Å². The van der Waals surface area contributed by atoms with Crippen molar-refractivity contribution in [3.8, 4) is 0 Å². The normalized spacial score (nSPS) is 23.9. The van der Waals surface area contributed by atoms with Crippen molar-refractivity contribution in [1.29, 1.82) is 0 Å². The summed E-state index contributed by atoms with van der Waals surface area (Å²) < 4.78 is 13.9. The van der Waals surface area contributed by atoms with Crippen LogP contribution in [0, 0.1) is 11.7 Å². The van der Waals surface area contributed by atoms with E-state index in [0.29, 0.717) is 11.4 Å². The van der Waals surface area contributed by atoms with Gasteiger partial charge in [-0.25, -0.2) is 9.18 Å². The molecule has 2 heterocycles. The van der Waals surface area contributed by atoms with E-state index in [9.17, 15) is 14.0 Å². The zero-order valence-corrected chi connectivity index (χ0v) is 15.3. The van der Waals surface area contributed by atoms with Crippen molar-refractivity contribution in [2.75, 3.05) is 11.9 Å². The summed E-state index contributed by atoms with van der Waals surface area (Å²) in [5, 5.41) is 7.84. The average Bonchev–Trinajstić information content (AvgIpc) is 3.33. The number of nitrogens with one attached hydrogen (secondary N) is 2. The van der Waals surface area contributed by atoms with Crippen LogP contribution in [0.1, 0.15) is 22.5 Å². The molecule has 26 heavy (non-hydrogen) atoms. The summed E-state index contributed by atoms with van der Waals surface area (Å²) in [5.74, 6) is -0.391. The fraction of sp³-hybridized carbons (Fsp3) is 0.333. The van der Waals surface area contributed by atoms with Gasteiger partial charge in [-0.05, 0) is 48.4 Å². The van der Waals surface area contributed by atoms with Crippen LogP contribution in [0.25, 0.3) is 0 Å². The molecule has 1 aromatic carbocycles. The lowest BCUT2D eigenvalue weighted by molar-refractivity contribution is 0.0919. The van der Waals surface area contributed by atoms with E-state index in [1.54, 1.807) is 11.0 Å². The highest BCUT2D eigenvalue weighted by Gasteiger charge is 2.47. The number of benzene rings is 1. The van der Waals surface area contributed by atoms with Gasteiger partial charge in [-0.1, -0.05) is 17.7 Å². The number of halogens is 2. The third kappa shape index (κ3) is 3.29. The Morgan fingerprint density at radius 3 is 2.77 bits per heavy atom. The maximum Gasteiger partial charge on any atom is 0.322 e. The van der Waals surface area contributed by atoms with Crippen molar-refractivity contribution in [3.63, 3.8) is 0 Å². The van der Waals surface area contributed by atoms with Gasteiger partial charge < -0.3 is 15.5 Å². The molecule has 1 aromatic heterocycles. The molecule has 1 aliphatic heterocycles. The number of piperidine rings is 1. The molecular weight excluding hydrogens is 377 g/mol. The number of urea groups is 1. The molecule has 2 N–H and O–H groups in total. The van der Waals surface area contributed by atoms with Crippen LogP contribution in [0.4, 0.5) is 14.9 Å². The van der Waals surface area contributed by atoms with E-state index in [-0.39, 0.29) is 40.6 Å². The number of hydrogen-bond acceptors (Lipinski definition) is 3. The highest BCUT2D eigenvalue weighted by atomic mass is 35.5. The minimum absolute atomic E-state index is 0.0585. The molecule has 2 fully saturated rings. The number of thiophene rings is 1. The standard InChI is InChI=1S/C18H17ClFN3O2S/c19-11-3-4-14(13(20)7-11)22-18(25)23-9-10-6-12(23)8-15(10)21-17(24)16-2-1-5-26-16/h1-5,7,10,12,15H,6,8-9H2,(H,21,24)(H,22,25). The highest BCUT2D eigenvalue weighted by molar-refractivity contribution is 7.12. The Labute approximate surface area is 159 Å². The first-order chi connectivity index (χ1) is 12.5. The predicted octanol–water partition coefficient (Wildman–Crippen LogP) is 3.97. The van der Waals surface area contributed by atoms with Crippen molar-refractivity contribution in [3.05, 3.63) is 51.4 Å². The van der Waals surface area contributed by atoms with Crippen LogP contribution in [0.15, 0.2) is 35.7 Å². The molecule has 3 atom stereocenters. The molecule has 2 bridgehead atoms. The maximum absolute atomic E-state index is 13.9. The first kappa shape index (κ1) is 17.3. The molecule has 4 rings (SSSR count). The second-order valence-corrected chi connectivity index (χ2v) is 8.03. The van der Waals surface area contributed by atoms with Gasteiger partial charge in [0.15, 0.2) is 0 Å². The summed E-state index contributed by atoms with van der Waals surface area (Å²) in [6.45, 7) is 0.557. The number of carbonyl (C=O) groups is 2. The minimum atomic E-state index is -0.559. The lowest BCUT2D eigenvalue weighted by Gasteiger charge is -2.32. The topological polar surface area (TPSA) is 61.4 Å². The Kier molecular flexibility index (Phi) is 4.58. The molecule has 2 aromatic rings. The van der Waals surface area contributed by atoms with E-state index in [4.69, 9.17) is 11.6 Å². The zero-order chi connectivity index (χ0) is 18.3.